The van der Waals surface area contributed by atoms with Gasteiger partial charge in [0.15, 0.2) is 6.29 Å². The molecular formula is C27H31N3O6. The predicted molar refractivity (Wildman–Crippen MR) is 133 cm³/mol. The van der Waals surface area contributed by atoms with Gasteiger partial charge in [-0.15, -0.1) is 0 Å². The summed E-state index contributed by atoms with van der Waals surface area (Å²) < 4.78 is 16.9. The average molecular weight is 494 g/mol. The van der Waals surface area contributed by atoms with E-state index >= 15 is 0 Å². The Morgan fingerprint density at radius 2 is 1.97 bits per heavy atom. The van der Waals surface area contributed by atoms with Crippen LogP contribution in [0, 0.1) is 12.8 Å². The average Bonchev–Trinajstić information content (AvgIpc) is 2.91. The monoisotopic (exact) mass is 493 g/mol. The molecule has 1 saturated heterocycles. The van der Waals surface area contributed by atoms with E-state index in [2.05, 4.69) is 10.3 Å². The van der Waals surface area contributed by atoms with Gasteiger partial charge in [-0.2, -0.15) is 0 Å². The smallest absolute Gasteiger partial charge is 0.251 e. The van der Waals surface area contributed by atoms with E-state index in [0.29, 0.717) is 30.8 Å². The molecule has 0 aliphatic carbocycles. The molecule has 3 unspecified atom stereocenters. The first-order chi connectivity index (χ1) is 17.3. The van der Waals surface area contributed by atoms with Crippen molar-refractivity contribution in [1.82, 2.24) is 15.8 Å². The highest BCUT2D eigenvalue weighted by atomic mass is 16.7. The van der Waals surface area contributed by atoms with Gasteiger partial charge < -0.3 is 19.5 Å². The number of benzene rings is 2. The number of carbonyl (C=O) groups excluding carboxylic acids is 2. The van der Waals surface area contributed by atoms with Crippen LogP contribution in [0.4, 0.5) is 0 Å². The third-order valence-electron chi connectivity index (χ3n) is 6.75. The summed E-state index contributed by atoms with van der Waals surface area (Å²) in [7, 11) is 1.54. The van der Waals surface area contributed by atoms with Gasteiger partial charge in [-0.1, -0.05) is 25.1 Å². The quantitative estimate of drug-likeness (QED) is 0.325. The Labute approximate surface area is 209 Å². The zero-order chi connectivity index (χ0) is 25.7. The number of nitrogens with one attached hydrogen (secondary N) is 2. The fourth-order valence-corrected chi connectivity index (χ4v) is 4.53. The molecule has 1 aromatic heterocycles. The van der Waals surface area contributed by atoms with Crippen LogP contribution in [0.5, 0.6) is 5.75 Å². The normalized spacial score (nSPS) is 20.5. The maximum atomic E-state index is 13.1. The molecular weight excluding hydrogens is 462 g/mol. The molecule has 2 heterocycles. The molecule has 0 radical (unpaired) electrons. The second kappa shape index (κ2) is 11.0. The van der Waals surface area contributed by atoms with E-state index in [1.807, 2.05) is 37.3 Å². The van der Waals surface area contributed by atoms with Gasteiger partial charge in [0.2, 0.25) is 5.91 Å². The van der Waals surface area contributed by atoms with E-state index in [9.17, 15) is 9.59 Å². The van der Waals surface area contributed by atoms with E-state index in [0.717, 1.165) is 22.2 Å². The lowest BCUT2D eigenvalue weighted by atomic mass is 9.79. The second-order valence-corrected chi connectivity index (χ2v) is 9.08. The number of para-hydroxylation sites is 1. The third-order valence-corrected chi connectivity index (χ3v) is 6.75. The number of hydroxylamine groups is 1. The van der Waals surface area contributed by atoms with Crippen LogP contribution < -0.4 is 15.5 Å². The van der Waals surface area contributed by atoms with Gasteiger partial charge in [0.25, 0.3) is 5.91 Å². The number of hydrogen-bond acceptors (Lipinski definition) is 7. The minimum absolute atomic E-state index is 0.0757. The first-order valence-electron chi connectivity index (χ1n) is 11.8. The maximum absolute atomic E-state index is 13.1. The molecule has 0 spiro atoms. The Morgan fingerprint density at radius 3 is 2.64 bits per heavy atom. The summed E-state index contributed by atoms with van der Waals surface area (Å²) in [5.74, 6) is -1.06. The van der Waals surface area contributed by atoms with Crippen molar-refractivity contribution >= 4 is 22.7 Å². The molecule has 3 aromatic rings. The van der Waals surface area contributed by atoms with Gasteiger partial charge in [0.05, 0.1) is 23.6 Å². The predicted octanol–water partition coefficient (Wildman–Crippen LogP) is 3.52. The fraction of sp³-hybridized carbons (Fsp3) is 0.370. The van der Waals surface area contributed by atoms with Crippen LogP contribution in [-0.2, 0) is 20.9 Å². The number of carbonyl (C=O) groups is 2. The molecule has 1 fully saturated rings. The lowest BCUT2D eigenvalue weighted by Crippen LogP contribution is -2.62. The highest BCUT2D eigenvalue weighted by Gasteiger charge is 2.45. The van der Waals surface area contributed by atoms with Crippen molar-refractivity contribution in [2.75, 3.05) is 13.7 Å². The first-order valence-corrected chi connectivity index (χ1v) is 11.8. The second-order valence-electron chi connectivity index (χ2n) is 9.08. The van der Waals surface area contributed by atoms with Gasteiger partial charge in [-0.25, -0.2) is 5.48 Å². The summed E-state index contributed by atoms with van der Waals surface area (Å²) in [6.07, 6.45) is 0.541. The topological polar surface area (TPSA) is 119 Å². The molecule has 2 amide bonds. The van der Waals surface area contributed by atoms with Crippen molar-refractivity contribution in [3.63, 3.8) is 0 Å². The minimum atomic E-state index is -0.992. The van der Waals surface area contributed by atoms with Crippen molar-refractivity contribution < 1.29 is 29.0 Å². The molecule has 9 nitrogen and oxygen atoms in total. The number of ether oxygens (including phenoxy) is 3. The molecule has 0 bridgehead atoms. The van der Waals surface area contributed by atoms with E-state index in [-0.39, 0.29) is 12.5 Å². The number of aryl methyl sites for hydroxylation is 1. The molecule has 1 aliphatic heterocycles. The molecule has 3 atom stereocenters. The number of methoxy groups -OCH3 is 1. The van der Waals surface area contributed by atoms with Crippen LogP contribution in [0.15, 0.2) is 54.6 Å². The molecule has 3 N–H and O–H groups in total. The SMILES string of the molecule is COC1CCC(NC(=O)c2ccc(OCc3cc(C)nc4ccccc34)cc2)(C(C)C(=O)NO)CO1. The highest BCUT2D eigenvalue weighted by molar-refractivity contribution is 5.95. The number of aromatic nitrogens is 1. The first kappa shape index (κ1) is 25.6. The van der Waals surface area contributed by atoms with Gasteiger partial charge in [0, 0.05) is 35.7 Å². The van der Waals surface area contributed by atoms with E-state index in [4.69, 9.17) is 19.4 Å². The molecule has 190 valence electrons. The number of amides is 2. The number of fused-ring (bicyclic) bond motifs is 1. The zero-order valence-electron chi connectivity index (χ0n) is 20.6. The summed E-state index contributed by atoms with van der Waals surface area (Å²) in [6, 6.07) is 16.8. The van der Waals surface area contributed by atoms with Crippen LogP contribution in [0.25, 0.3) is 10.9 Å². The number of pyridine rings is 1. The number of hydrogen-bond donors (Lipinski definition) is 3. The third kappa shape index (κ3) is 5.48. The van der Waals surface area contributed by atoms with Crippen molar-refractivity contribution in [3.8, 4) is 5.75 Å². The molecule has 0 saturated carbocycles. The summed E-state index contributed by atoms with van der Waals surface area (Å²) in [4.78, 5) is 29.9. The fourth-order valence-electron chi connectivity index (χ4n) is 4.53. The van der Waals surface area contributed by atoms with E-state index in [1.165, 1.54) is 0 Å². The highest BCUT2D eigenvalue weighted by Crippen LogP contribution is 2.31. The van der Waals surface area contributed by atoms with Crippen LogP contribution in [0.1, 0.15) is 41.4 Å². The van der Waals surface area contributed by atoms with Gasteiger partial charge in [-0.3, -0.25) is 19.8 Å². The maximum Gasteiger partial charge on any atom is 0.251 e. The molecule has 1 aliphatic rings. The largest absolute Gasteiger partial charge is 0.489 e. The number of nitrogens with zero attached hydrogens (tertiary/aromatic N) is 1. The van der Waals surface area contributed by atoms with Gasteiger partial charge in [0.1, 0.15) is 12.4 Å². The Bertz CT molecular complexity index is 1220. The van der Waals surface area contributed by atoms with Crippen molar-refractivity contribution in [3.05, 3.63) is 71.4 Å². The summed E-state index contributed by atoms with van der Waals surface area (Å²) in [5, 5.41) is 13.2. The van der Waals surface area contributed by atoms with Crippen molar-refractivity contribution in [2.24, 2.45) is 5.92 Å². The van der Waals surface area contributed by atoms with Crippen LogP contribution in [0.2, 0.25) is 0 Å². The molecule has 9 heteroatoms. The molecule has 2 aromatic carbocycles. The number of rotatable bonds is 8. The van der Waals surface area contributed by atoms with Gasteiger partial charge >= 0.3 is 0 Å². The van der Waals surface area contributed by atoms with E-state index in [1.54, 1.807) is 43.8 Å². The summed E-state index contributed by atoms with van der Waals surface area (Å²) >= 11 is 0. The summed E-state index contributed by atoms with van der Waals surface area (Å²) in [6.45, 7) is 4.04. The Hall–Kier alpha value is -3.53. The van der Waals surface area contributed by atoms with E-state index < -0.39 is 23.7 Å². The van der Waals surface area contributed by atoms with Crippen LogP contribution in [0.3, 0.4) is 0 Å². The Balaban J connectivity index is 1.45. The van der Waals surface area contributed by atoms with Crippen LogP contribution in [-0.4, -0.2) is 47.6 Å². The van der Waals surface area contributed by atoms with Crippen LogP contribution >= 0.6 is 0 Å². The standard InChI is InChI=1S/C27H31N3O6/c1-17-14-20(22-6-4-5-7-23(22)28-17)15-35-21-10-8-19(9-11-21)26(32)29-27(18(2)25(31)30-33)13-12-24(34-3)36-16-27/h4-11,14,18,24,33H,12-13,15-16H2,1-3H3,(H,29,32)(H,30,31). The van der Waals surface area contributed by atoms with Crippen molar-refractivity contribution in [1.29, 1.82) is 0 Å². The van der Waals surface area contributed by atoms with Gasteiger partial charge in [-0.05, 0) is 49.7 Å². The van der Waals surface area contributed by atoms with Crippen molar-refractivity contribution in [2.45, 2.75) is 45.1 Å². The zero-order valence-corrected chi connectivity index (χ0v) is 20.6. The molecule has 36 heavy (non-hydrogen) atoms. The Morgan fingerprint density at radius 1 is 1.22 bits per heavy atom. The lowest BCUT2D eigenvalue weighted by molar-refractivity contribution is -0.178. The Kier molecular flexibility index (Phi) is 7.83. The summed E-state index contributed by atoms with van der Waals surface area (Å²) in [5.41, 5.74) is 3.97. The lowest BCUT2D eigenvalue weighted by Gasteiger charge is -2.43. The minimum Gasteiger partial charge on any atom is -0.489 e. The molecule has 4 rings (SSSR count).